The van der Waals surface area contributed by atoms with Crippen LogP contribution >= 0.6 is 43.2 Å². The lowest BCUT2D eigenvalue weighted by molar-refractivity contribution is 0.473. The van der Waals surface area contributed by atoms with Crippen molar-refractivity contribution < 1.29 is 5.11 Å². The number of nitrogens with zero attached hydrogens (tertiary/aromatic N) is 1. The number of halogens is 2. The number of aromatic nitrogens is 2. The van der Waals surface area contributed by atoms with Crippen molar-refractivity contribution in [1.82, 2.24) is 9.97 Å². The Kier molecular flexibility index (Phi) is 4.26. The highest BCUT2D eigenvalue weighted by molar-refractivity contribution is 9.11. The summed E-state index contributed by atoms with van der Waals surface area (Å²) in [6.45, 7) is 0. The van der Waals surface area contributed by atoms with Crippen molar-refractivity contribution in [2.24, 2.45) is 0 Å². The highest BCUT2D eigenvalue weighted by atomic mass is 79.9. The summed E-state index contributed by atoms with van der Waals surface area (Å²) in [6.07, 6.45) is 5.49. The summed E-state index contributed by atoms with van der Waals surface area (Å²) >= 11 is 8.34. The fourth-order valence-corrected chi connectivity index (χ4v) is 5.70. The first-order valence-corrected chi connectivity index (χ1v) is 10.2. The highest BCUT2D eigenvalue weighted by Gasteiger charge is 2.20. The number of aromatic hydroxyl groups is 1. The van der Waals surface area contributed by atoms with E-state index in [1.807, 2.05) is 0 Å². The van der Waals surface area contributed by atoms with Gasteiger partial charge in [-0.15, -0.1) is 11.3 Å². The molecule has 0 fully saturated rings. The van der Waals surface area contributed by atoms with Gasteiger partial charge in [0.15, 0.2) is 0 Å². The minimum absolute atomic E-state index is 0.0684. The molecule has 1 aromatic carbocycles. The maximum atomic E-state index is 12.7. The van der Waals surface area contributed by atoms with Gasteiger partial charge < -0.3 is 10.1 Å². The van der Waals surface area contributed by atoms with Crippen LogP contribution in [-0.4, -0.2) is 15.1 Å². The Morgan fingerprint density at radius 3 is 2.79 bits per heavy atom. The fraction of sp³-hybridized carbons (Fsp3) is 0.294. The number of aryl methyl sites for hydroxylation is 2. The molecule has 3 aromatic rings. The Bertz CT molecular complexity index is 1010. The van der Waals surface area contributed by atoms with Crippen LogP contribution in [0.5, 0.6) is 5.75 Å². The molecule has 0 spiro atoms. The standard InChI is InChI=1S/C17H14Br2N2O2S/c18-8-6-10(14(22)11(19)7-8)15-20-16(23)13-9-4-2-1-3-5-12(9)24-17(13)21-15/h6-7,22H,1-5H2,(H,20,21,23). The van der Waals surface area contributed by atoms with E-state index in [1.54, 1.807) is 23.5 Å². The zero-order chi connectivity index (χ0) is 16.8. The fourth-order valence-electron chi connectivity index (χ4n) is 3.21. The minimum Gasteiger partial charge on any atom is -0.506 e. The van der Waals surface area contributed by atoms with E-state index in [9.17, 15) is 9.90 Å². The average molecular weight is 470 g/mol. The predicted molar refractivity (Wildman–Crippen MR) is 104 cm³/mol. The predicted octanol–water partition coefficient (Wildman–Crippen LogP) is 5.15. The summed E-state index contributed by atoms with van der Waals surface area (Å²) in [5.41, 5.74) is 1.55. The normalized spacial score (nSPS) is 14.6. The maximum absolute atomic E-state index is 12.7. The van der Waals surface area contributed by atoms with E-state index in [-0.39, 0.29) is 11.3 Å². The summed E-state index contributed by atoms with van der Waals surface area (Å²) < 4.78 is 1.35. The van der Waals surface area contributed by atoms with E-state index in [2.05, 4.69) is 41.8 Å². The van der Waals surface area contributed by atoms with Gasteiger partial charge in [-0.05, 0) is 59.3 Å². The van der Waals surface area contributed by atoms with Gasteiger partial charge in [-0.25, -0.2) is 4.98 Å². The van der Waals surface area contributed by atoms with Gasteiger partial charge in [-0.2, -0.15) is 0 Å². The van der Waals surface area contributed by atoms with Crippen molar-refractivity contribution in [2.75, 3.05) is 0 Å². The zero-order valence-corrected chi connectivity index (χ0v) is 16.6. The molecular weight excluding hydrogens is 456 g/mol. The number of phenols is 1. The Labute approximate surface area is 159 Å². The smallest absolute Gasteiger partial charge is 0.260 e. The molecule has 0 aliphatic heterocycles. The summed E-state index contributed by atoms with van der Waals surface area (Å²) in [5, 5.41) is 11.0. The van der Waals surface area contributed by atoms with Crippen LogP contribution in [0.15, 0.2) is 25.9 Å². The van der Waals surface area contributed by atoms with Gasteiger partial charge >= 0.3 is 0 Å². The monoisotopic (exact) mass is 468 g/mol. The number of benzene rings is 1. The number of aromatic amines is 1. The third kappa shape index (κ3) is 2.72. The van der Waals surface area contributed by atoms with E-state index in [0.717, 1.165) is 34.0 Å². The quantitative estimate of drug-likeness (QED) is 0.484. The lowest BCUT2D eigenvalue weighted by Gasteiger charge is -2.07. The van der Waals surface area contributed by atoms with Crippen LogP contribution in [0.2, 0.25) is 0 Å². The van der Waals surface area contributed by atoms with Crippen molar-refractivity contribution in [2.45, 2.75) is 32.1 Å². The van der Waals surface area contributed by atoms with Gasteiger partial charge in [0, 0.05) is 9.35 Å². The van der Waals surface area contributed by atoms with Gasteiger partial charge in [0.25, 0.3) is 5.56 Å². The van der Waals surface area contributed by atoms with Crippen LogP contribution in [0.4, 0.5) is 0 Å². The number of hydrogen-bond donors (Lipinski definition) is 2. The molecule has 0 atom stereocenters. The molecule has 4 rings (SSSR count). The Morgan fingerprint density at radius 1 is 1.17 bits per heavy atom. The molecule has 0 unspecified atom stereocenters. The number of phenolic OH excluding ortho intramolecular Hbond substituents is 1. The summed E-state index contributed by atoms with van der Waals surface area (Å²) in [5.74, 6) is 0.460. The highest BCUT2D eigenvalue weighted by Crippen LogP contribution is 2.38. The van der Waals surface area contributed by atoms with Crippen LogP contribution in [0.1, 0.15) is 29.7 Å². The Morgan fingerprint density at radius 2 is 1.96 bits per heavy atom. The van der Waals surface area contributed by atoms with Crippen LogP contribution in [0, 0.1) is 0 Å². The lowest BCUT2D eigenvalue weighted by atomic mass is 10.1. The summed E-state index contributed by atoms with van der Waals surface area (Å²) in [6, 6.07) is 3.51. The van der Waals surface area contributed by atoms with Gasteiger partial charge in [0.1, 0.15) is 16.4 Å². The van der Waals surface area contributed by atoms with E-state index in [1.165, 1.54) is 23.3 Å². The van der Waals surface area contributed by atoms with Gasteiger partial charge in [0.2, 0.25) is 0 Å². The Balaban J connectivity index is 1.95. The SMILES string of the molecule is O=c1[nH]c(-c2cc(Br)cc(Br)c2O)nc2sc3c(c12)CCCCC3. The molecule has 2 N–H and O–H groups in total. The van der Waals surface area contributed by atoms with E-state index < -0.39 is 0 Å². The zero-order valence-electron chi connectivity index (χ0n) is 12.7. The van der Waals surface area contributed by atoms with Gasteiger partial charge in [-0.3, -0.25) is 4.79 Å². The van der Waals surface area contributed by atoms with Crippen LogP contribution in [0.25, 0.3) is 21.6 Å². The van der Waals surface area contributed by atoms with E-state index in [4.69, 9.17) is 0 Å². The molecule has 2 heterocycles. The number of hydrogen-bond acceptors (Lipinski definition) is 4. The molecule has 0 bridgehead atoms. The average Bonchev–Trinajstić information content (AvgIpc) is 2.73. The molecule has 1 aliphatic carbocycles. The second kappa shape index (κ2) is 6.28. The van der Waals surface area contributed by atoms with Crippen molar-refractivity contribution in [1.29, 1.82) is 0 Å². The molecule has 2 aromatic heterocycles. The van der Waals surface area contributed by atoms with Crippen LogP contribution in [-0.2, 0) is 12.8 Å². The molecule has 0 amide bonds. The Hall–Kier alpha value is -1.18. The van der Waals surface area contributed by atoms with Crippen LogP contribution in [0.3, 0.4) is 0 Å². The lowest BCUT2D eigenvalue weighted by Crippen LogP contribution is -2.10. The van der Waals surface area contributed by atoms with Crippen molar-refractivity contribution in [3.8, 4) is 17.1 Å². The molecular formula is C17H14Br2N2O2S. The topological polar surface area (TPSA) is 66.0 Å². The van der Waals surface area contributed by atoms with Crippen molar-refractivity contribution in [3.63, 3.8) is 0 Å². The number of H-pyrrole nitrogens is 1. The number of fused-ring (bicyclic) bond motifs is 3. The molecule has 24 heavy (non-hydrogen) atoms. The molecule has 1 aliphatic rings. The van der Waals surface area contributed by atoms with Crippen molar-refractivity contribution in [3.05, 3.63) is 41.9 Å². The van der Waals surface area contributed by atoms with E-state index in [0.29, 0.717) is 15.9 Å². The van der Waals surface area contributed by atoms with Crippen molar-refractivity contribution >= 4 is 53.4 Å². The molecule has 4 nitrogen and oxygen atoms in total. The van der Waals surface area contributed by atoms with Gasteiger partial charge in [-0.1, -0.05) is 22.4 Å². The van der Waals surface area contributed by atoms with Gasteiger partial charge in [0.05, 0.1) is 15.4 Å². The molecule has 0 saturated heterocycles. The van der Waals surface area contributed by atoms with Crippen LogP contribution < -0.4 is 5.56 Å². The largest absolute Gasteiger partial charge is 0.506 e. The first-order chi connectivity index (χ1) is 11.5. The number of thiophene rings is 1. The minimum atomic E-state index is -0.120. The third-order valence-electron chi connectivity index (χ3n) is 4.36. The molecule has 7 heteroatoms. The third-order valence-corrected chi connectivity index (χ3v) is 6.61. The summed E-state index contributed by atoms with van der Waals surface area (Å²) in [7, 11) is 0. The molecule has 0 saturated carbocycles. The maximum Gasteiger partial charge on any atom is 0.260 e. The molecule has 0 radical (unpaired) electrons. The summed E-state index contributed by atoms with van der Waals surface area (Å²) in [4.78, 5) is 22.3. The van der Waals surface area contributed by atoms with E-state index >= 15 is 0 Å². The first-order valence-electron chi connectivity index (χ1n) is 7.77. The molecule has 124 valence electrons. The number of rotatable bonds is 1. The number of nitrogens with one attached hydrogen (secondary N) is 1. The second-order valence-electron chi connectivity index (χ2n) is 5.94. The first kappa shape index (κ1) is 16.3. The second-order valence-corrected chi connectivity index (χ2v) is 8.80.